The van der Waals surface area contributed by atoms with Gasteiger partial charge in [-0.15, -0.1) is 0 Å². The Morgan fingerprint density at radius 1 is 1.53 bits per heavy atom. The second kappa shape index (κ2) is 4.91. The zero-order chi connectivity index (χ0) is 12.4. The Hall–Kier alpha value is -1.30. The van der Waals surface area contributed by atoms with Gasteiger partial charge in [-0.1, -0.05) is 0 Å². The number of rotatable bonds is 2. The van der Waals surface area contributed by atoms with Gasteiger partial charge in [0.05, 0.1) is 0 Å². The minimum Gasteiger partial charge on any atom is -0.383 e. The minimum atomic E-state index is 0.0571. The molecule has 17 heavy (non-hydrogen) atoms. The fourth-order valence-electron chi connectivity index (χ4n) is 2.15. The summed E-state index contributed by atoms with van der Waals surface area (Å²) in [7, 11) is 0. The number of amides is 1. The van der Waals surface area contributed by atoms with Crippen LogP contribution in [-0.2, 0) is 4.79 Å². The first-order valence-corrected chi connectivity index (χ1v) is 6.59. The lowest BCUT2D eigenvalue weighted by molar-refractivity contribution is -0.119. The van der Waals surface area contributed by atoms with Crippen molar-refractivity contribution in [3.05, 3.63) is 5.56 Å². The van der Waals surface area contributed by atoms with Crippen molar-refractivity contribution in [1.29, 1.82) is 0 Å². The maximum absolute atomic E-state index is 11.0. The third-order valence-electron chi connectivity index (χ3n) is 3.13. The van der Waals surface area contributed by atoms with E-state index in [2.05, 4.69) is 14.6 Å². The number of nitrogens with one attached hydrogen (secondary N) is 1. The van der Waals surface area contributed by atoms with E-state index in [0.29, 0.717) is 11.9 Å². The van der Waals surface area contributed by atoms with Gasteiger partial charge in [0.15, 0.2) is 0 Å². The first-order chi connectivity index (χ1) is 8.08. The second-order valence-electron chi connectivity index (χ2n) is 4.46. The molecule has 0 aliphatic carbocycles. The number of aromatic nitrogens is 1. The van der Waals surface area contributed by atoms with Crippen LogP contribution in [0.15, 0.2) is 0 Å². The Morgan fingerprint density at radius 3 is 2.65 bits per heavy atom. The third-order valence-corrected chi connectivity index (χ3v) is 4.15. The summed E-state index contributed by atoms with van der Waals surface area (Å²) in [6.07, 6.45) is 1.97. The zero-order valence-corrected chi connectivity index (χ0v) is 11.0. The van der Waals surface area contributed by atoms with Crippen LogP contribution in [0.25, 0.3) is 0 Å². The van der Waals surface area contributed by atoms with E-state index in [1.54, 1.807) is 6.92 Å². The van der Waals surface area contributed by atoms with Crippen LogP contribution < -0.4 is 16.0 Å². The van der Waals surface area contributed by atoms with E-state index in [1.165, 1.54) is 16.5 Å². The van der Waals surface area contributed by atoms with Crippen LogP contribution in [0.3, 0.4) is 0 Å². The third kappa shape index (κ3) is 2.69. The molecule has 1 aromatic heterocycles. The number of nitrogen functional groups attached to an aromatic ring is 1. The van der Waals surface area contributed by atoms with Crippen molar-refractivity contribution in [3.63, 3.8) is 0 Å². The summed E-state index contributed by atoms with van der Waals surface area (Å²) < 4.78 is 4.17. The van der Waals surface area contributed by atoms with Crippen LogP contribution >= 0.6 is 11.5 Å². The topological polar surface area (TPSA) is 71.2 Å². The van der Waals surface area contributed by atoms with Crippen molar-refractivity contribution >= 4 is 28.3 Å². The van der Waals surface area contributed by atoms with Gasteiger partial charge >= 0.3 is 0 Å². The van der Waals surface area contributed by atoms with Crippen molar-refractivity contribution in [3.8, 4) is 0 Å². The fourth-order valence-corrected chi connectivity index (χ4v) is 3.01. The molecular formula is C11H18N4OS. The normalized spacial score (nSPS) is 17.2. The molecule has 0 saturated carbocycles. The van der Waals surface area contributed by atoms with E-state index in [0.717, 1.165) is 31.5 Å². The number of hydrogen-bond acceptors (Lipinski definition) is 5. The van der Waals surface area contributed by atoms with Crippen molar-refractivity contribution in [2.45, 2.75) is 32.7 Å². The molecular weight excluding hydrogens is 236 g/mol. The monoisotopic (exact) mass is 254 g/mol. The molecule has 1 aliphatic heterocycles. The lowest BCUT2D eigenvalue weighted by atomic mass is 10.1. The smallest absolute Gasteiger partial charge is 0.217 e. The average Bonchev–Trinajstić information content (AvgIpc) is 2.60. The number of anilines is 2. The van der Waals surface area contributed by atoms with Crippen molar-refractivity contribution < 1.29 is 4.79 Å². The molecule has 2 heterocycles. The molecule has 1 aromatic rings. The minimum absolute atomic E-state index is 0.0571. The standard InChI is InChI=1S/C11H18N4OS/c1-7-10(12)14-17-11(7)15-5-3-9(4-6-15)13-8(2)16/h9H,3-6H2,1-2H3,(H2,12,14)(H,13,16). The Balaban J connectivity index is 1.95. The van der Waals surface area contributed by atoms with Crippen LogP contribution in [0, 0.1) is 6.92 Å². The van der Waals surface area contributed by atoms with Crippen LogP contribution in [0.4, 0.5) is 10.8 Å². The summed E-state index contributed by atoms with van der Waals surface area (Å²) in [6, 6.07) is 0.314. The van der Waals surface area contributed by atoms with E-state index in [9.17, 15) is 4.79 Å². The van der Waals surface area contributed by atoms with Gasteiger partial charge in [-0.3, -0.25) is 4.79 Å². The van der Waals surface area contributed by atoms with E-state index in [4.69, 9.17) is 5.73 Å². The van der Waals surface area contributed by atoms with Crippen LogP contribution in [0.5, 0.6) is 0 Å². The lowest BCUT2D eigenvalue weighted by Crippen LogP contribution is -2.44. The van der Waals surface area contributed by atoms with Gasteiger partial charge in [-0.2, -0.15) is 4.37 Å². The van der Waals surface area contributed by atoms with Gasteiger partial charge in [0.2, 0.25) is 5.91 Å². The van der Waals surface area contributed by atoms with E-state index in [-0.39, 0.29) is 5.91 Å². The number of nitrogens with two attached hydrogens (primary N) is 1. The molecule has 0 radical (unpaired) electrons. The van der Waals surface area contributed by atoms with Crippen molar-refractivity contribution in [2.24, 2.45) is 0 Å². The molecule has 5 nitrogen and oxygen atoms in total. The molecule has 0 aromatic carbocycles. The average molecular weight is 254 g/mol. The summed E-state index contributed by atoms with van der Waals surface area (Å²) >= 11 is 1.46. The molecule has 3 N–H and O–H groups in total. The first kappa shape index (κ1) is 12.2. The van der Waals surface area contributed by atoms with E-state index >= 15 is 0 Å². The van der Waals surface area contributed by atoms with Gasteiger partial charge < -0.3 is 16.0 Å². The maximum Gasteiger partial charge on any atom is 0.217 e. The molecule has 2 rings (SSSR count). The summed E-state index contributed by atoms with van der Waals surface area (Å²) in [5.74, 6) is 0.690. The molecule has 1 saturated heterocycles. The van der Waals surface area contributed by atoms with Crippen molar-refractivity contribution in [1.82, 2.24) is 9.69 Å². The SMILES string of the molecule is CC(=O)NC1CCN(c2snc(N)c2C)CC1. The molecule has 6 heteroatoms. The highest BCUT2D eigenvalue weighted by Crippen LogP contribution is 2.31. The predicted molar refractivity (Wildman–Crippen MR) is 70.3 cm³/mol. The van der Waals surface area contributed by atoms with Crippen molar-refractivity contribution in [2.75, 3.05) is 23.7 Å². The molecule has 0 bridgehead atoms. The number of hydrogen-bond donors (Lipinski definition) is 2. The largest absolute Gasteiger partial charge is 0.383 e. The summed E-state index contributed by atoms with van der Waals surface area (Å²) in [6.45, 7) is 5.48. The Kier molecular flexibility index (Phi) is 3.51. The van der Waals surface area contributed by atoms with Crippen LogP contribution in [0.2, 0.25) is 0 Å². The fraction of sp³-hybridized carbons (Fsp3) is 0.636. The van der Waals surface area contributed by atoms with Crippen LogP contribution in [0.1, 0.15) is 25.3 Å². The highest BCUT2D eigenvalue weighted by atomic mass is 32.1. The van der Waals surface area contributed by atoms with Gasteiger partial charge in [0, 0.05) is 31.6 Å². The number of piperidine rings is 1. The second-order valence-corrected chi connectivity index (χ2v) is 5.21. The molecule has 1 amide bonds. The number of carbonyl (C=O) groups is 1. The maximum atomic E-state index is 11.0. The molecule has 1 fully saturated rings. The zero-order valence-electron chi connectivity index (χ0n) is 10.2. The van der Waals surface area contributed by atoms with Gasteiger partial charge in [-0.25, -0.2) is 0 Å². The van der Waals surface area contributed by atoms with E-state index in [1.807, 2.05) is 6.92 Å². The highest BCUT2D eigenvalue weighted by molar-refractivity contribution is 7.10. The Morgan fingerprint density at radius 2 is 2.18 bits per heavy atom. The van der Waals surface area contributed by atoms with Crippen LogP contribution in [-0.4, -0.2) is 29.4 Å². The molecule has 0 spiro atoms. The summed E-state index contributed by atoms with van der Waals surface area (Å²) in [5.41, 5.74) is 6.83. The first-order valence-electron chi connectivity index (χ1n) is 5.81. The summed E-state index contributed by atoms with van der Waals surface area (Å²) in [5, 5.41) is 4.14. The Bertz CT molecular complexity index is 410. The molecule has 0 unspecified atom stereocenters. The van der Waals surface area contributed by atoms with Gasteiger partial charge in [0.25, 0.3) is 0 Å². The highest BCUT2D eigenvalue weighted by Gasteiger charge is 2.22. The van der Waals surface area contributed by atoms with Gasteiger partial charge in [0.1, 0.15) is 10.8 Å². The Labute approximate surface area is 105 Å². The molecule has 94 valence electrons. The van der Waals surface area contributed by atoms with Gasteiger partial charge in [-0.05, 0) is 31.3 Å². The number of carbonyl (C=O) groups excluding carboxylic acids is 1. The summed E-state index contributed by atoms with van der Waals surface area (Å²) in [4.78, 5) is 13.3. The predicted octanol–water partition coefficient (Wildman–Crippen LogP) is 1.14. The molecule has 1 aliphatic rings. The molecule has 0 atom stereocenters. The lowest BCUT2D eigenvalue weighted by Gasteiger charge is -2.33. The quantitative estimate of drug-likeness (QED) is 0.830. The number of nitrogens with zero attached hydrogens (tertiary/aromatic N) is 2. The van der Waals surface area contributed by atoms with E-state index < -0.39 is 0 Å².